The fourth-order valence-corrected chi connectivity index (χ4v) is 2.68. The molecular weight excluding hydrogens is 232 g/mol. The molecule has 0 radical (unpaired) electrons. The zero-order valence-electron chi connectivity index (χ0n) is 14.0. The smallest absolute Gasteiger partial charge is 0.129 e. The van der Waals surface area contributed by atoms with Crippen molar-refractivity contribution in [3.05, 3.63) is 0 Å². The topological polar surface area (TPSA) is 17.1 Å². The highest BCUT2D eigenvalue weighted by Gasteiger charge is 2.06. The van der Waals surface area contributed by atoms with Gasteiger partial charge in [0, 0.05) is 6.42 Å². The van der Waals surface area contributed by atoms with Crippen molar-refractivity contribution in [3.63, 3.8) is 0 Å². The minimum atomic E-state index is 0.339. The zero-order chi connectivity index (χ0) is 14.7. The van der Waals surface area contributed by atoms with E-state index in [1.165, 1.54) is 44.9 Å². The lowest BCUT2D eigenvalue weighted by molar-refractivity contribution is -0.117. The molecule has 0 spiro atoms. The van der Waals surface area contributed by atoms with Gasteiger partial charge in [-0.25, -0.2) is 0 Å². The van der Waals surface area contributed by atoms with Crippen LogP contribution in [0.25, 0.3) is 0 Å². The van der Waals surface area contributed by atoms with E-state index in [0.29, 0.717) is 5.78 Å². The monoisotopic (exact) mass is 268 g/mol. The molecule has 19 heavy (non-hydrogen) atoms. The molecule has 0 aromatic heterocycles. The summed E-state index contributed by atoms with van der Waals surface area (Å²) in [5.74, 6) is 2.88. The molecule has 0 rings (SSSR count). The van der Waals surface area contributed by atoms with E-state index in [1.54, 1.807) is 6.92 Å². The van der Waals surface area contributed by atoms with Crippen LogP contribution in [0.3, 0.4) is 0 Å². The highest BCUT2D eigenvalue weighted by Crippen LogP contribution is 2.21. The summed E-state index contributed by atoms with van der Waals surface area (Å²) in [6.45, 7) is 11.1. The Kier molecular flexibility index (Phi) is 11.3. The van der Waals surface area contributed by atoms with Crippen molar-refractivity contribution in [2.75, 3.05) is 0 Å². The molecule has 0 bridgehead atoms. The first-order chi connectivity index (χ1) is 8.91. The lowest BCUT2D eigenvalue weighted by Gasteiger charge is -2.14. The lowest BCUT2D eigenvalue weighted by atomic mass is 9.92. The average molecular weight is 268 g/mol. The summed E-state index contributed by atoms with van der Waals surface area (Å²) in [5, 5.41) is 0. The van der Waals surface area contributed by atoms with Crippen molar-refractivity contribution in [1.82, 2.24) is 0 Å². The van der Waals surface area contributed by atoms with Crippen LogP contribution in [0.15, 0.2) is 0 Å². The Morgan fingerprint density at radius 2 is 1.16 bits per heavy atom. The summed E-state index contributed by atoms with van der Waals surface area (Å²) in [5.41, 5.74) is 0. The molecule has 1 nitrogen and oxygen atoms in total. The van der Waals surface area contributed by atoms with Crippen molar-refractivity contribution in [3.8, 4) is 0 Å². The summed E-state index contributed by atoms with van der Waals surface area (Å²) in [7, 11) is 0. The Labute approximate surface area is 121 Å². The predicted molar refractivity (Wildman–Crippen MR) is 85.4 cm³/mol. The van der Waals surface area contributed by atoms with E-state index in [2.05, 4.69) is 27.7 Å². The van der Waals surface area contributed by atoms with E-state index in [9.17, 15) is 4.79 Å². The third kappa shape index (κ3) is 13.9. The van der Waals surface area contributed by atoms with Gasteiger partial charge in [0.25, 0.3) is 0 Å². The molecule has 0 aliphatic heterocycles. The molecule has 0 amide bonds. The predicted octanol–water partition coefficient (Wildman–Crippen LogP) is 6.01. The Balaban J connectivity index is 3.42. The zero-order valence-corrected chi connectivity index (χ0v) is 14.0. The first-order valence-corrected chi connectivity index (χ1v) is 8.41. The third-order valence-electron chi connectivity index (χ3n) is 4.10. The van der Waals surface area contributed by atoms with Gasteiger partial charge in [0.15, 0.2) is 0 Å². The van der Waals surface area contributed by atoms with E-state index < -0.39 is 0 Å². The molecule has 0 aliphatic rings. The Morgan fingerprint density at radius 3 is 1.58 bits per heavy atom. The molecule has 0 unspecified atom stereocenters. The molecule has 0 aromatic rings. The van der Waals surface area contributed by atoms with Crippen molar-refractivity contribution >= 4 is 5.78 Å². The average Bonchev–Trinajstić information content (AvgIpc) is 2.27. The number of rotatable bonds is 12. The maximum absolute atomic E-state index is 10.9. The van der Waals surface area contributed by atoms with E-state index in [0.717, 1.165) is 30.6 Å². The van der Waals surface area contributed by atoms with Crippen molar-refractivity contribution in [2.24, 2.45) is 17.8 Å². The Hall–Kier alpha value is -0.330. The van der Waals surface area contributed by atoms with Crippen LogP contribution in [0, 0.1) is 17.8 Å². The molecule has 1 heteroatoms. The summed E-state index contributed by atoms with van der Waals surface area (Å²) < 4.78 is 0. The number of carbonyl (C=O) groups excluding carboxylic acids is 1. The summed E-state index contributed by atoms with van der Waals surface area (Å²) in [6, 6.07) is 0. The van der Waals surface area contributed by atoms with Crippen LogP contribution in [0.1, 0.15) is 92.4 Å². The SMILES string of the molecule is CC(=O)CCC[C@@H](C)CCC[C@H](C)CCCC(C)C. The molecule has 0 N–H and O–H groups in total. The first-order valence-electron chi connectivity index (χ1n) is 8.41. The van der Waals surface area contributed by atoms with Crippen LogP contribution in [0.5, 0.6) is 0 Å². The van der Waals surface area contributed by atoms with Crippen molar-refractivity contribution < 1.29 is 4.79 Å². The highest BCUT2D eigenvalue weighted by atomic mass is 16.1. The fraction of sp³-hybridized carbons (Fsp3) is 0.944. The Bertz CT molecular complexity index is 220. The van der Waals surface area contributed by atoms with Gasteiger partial charge in [-0.2, -0.15) is 0 Å². The van der Waals surface area contributed by atoms with Gasteiger partial charge in [-0.15, -0.1) is 0 Å². The number of hydrogen-bond acceptors (Lipinski definition) is 1. The third-order valence-corrected chi connectivity index (χ3v) is 4.10. The van der Waals surface area contributed by atoms with Gasteiger partial charge in [-0.1, -0.05) is 72.6 Å². The Morgan fingerprint density at radius 1 is 0.737 bits per heavy atom. The second-order valence-electron chi connectivity index (χ2n) is 7.06. The summed E-state index contributed by atoms with van der Waals surface area (Å²) in [4.78, 5) is 10.9. The van der Waals surface area contributed by atoms with Crippen LogP contribution >= 0.6 is 0 Å². The van der Waals surface area contributed by atoms with Gasteiger partial charge in [-0.05, 0) is 31.1 Å². The van der Waals surface area contributed by atoms with Crippen LogP contribution in [0.4, 0.5) is 0 Å². The first kappa shape index (κ1) is 18.7. The largest absolute Gasteiger partial charge is 0.300 e. The molecule has 0 heterocycles. The maximum Gasteiger partial charge on any atom is 0.129 e. The van der Waals surface area contributed by atoms with Gasteiger partial charge in [0.1, 0.15) is 5.78 Å². The molecule has 0 aromatic carbocycles. The van der Waals surface area contributed by atoms with Crippen LogP contribution in [-0.2, 0) is 4.79 Å². The summed E-state index contributed by atoms with van der Waals surface area (Å²) in [6.07, 6.45) is 11.3. The molecule has 2 atom stereocenters. The second-order valence-corrected chi connectivity index (χ2v) is 7.06. The van der Waals surface area contributed by atoms with E-state index in [1.807, 2.05) is 0 Å². The summed E-state index contributed by atoms with van der Waals surface area (Å²) >= 11 is 0. The highest BCUT2D eigenvalue weighted by molar-refractivity contribution is 5.75. The number of hydrogen-bond donors (Lipinski definition) is 0. The molecule has 0 aliphatic carbocycles. The number of Topliss-reactive ketones (excluding diaryl/α,β-unsaturated/α-hetero) is 1. The molecule has 114 valence electrons. The van der Waals surface area contributed by atoms with Crippen LogP contribution in [-0.4, -0.2) is 5.78 Å². The van der Waals surface area contributed by atoms with E-state index in [4.69, 9.17) is 0 Å². The van der Waals surface area contributed by atoms with Gasteiger partial charge in [0.2, 0.25) is 0 Å². The quantitative estimate of drug-likeness (QED) is 0.423. The van der Waals surface area contributed by atoms with E-state index >= 15 is 0 Å². The fourth-order valence-electron chi connectivity index (χ4n) is 2.68. The minimum Gasteiger partial charge on any atom is -0.300 e. The molecule has 0 saturated heterocycles. The molecule has 0 saturated carbocycles. The second kappa shape index (κ2) is 11.5. The van der Waals surface area contributed by atoms with Crippen molar-refractivity contribution in [1.29, 1.82) is 0 Å². The number of ketones is 1. The van der Waals surface area contributed by atoms with Gasteiger partial charge < -0.3 is 4.79 Å². The van der Waals surface area contributed by atoms with Crippen LogP contribution < -0.4 is 0 Å². The standard InChI is InChI=1S/C18H36O/c1-15(2)9-6-10-16(3)11-7-12-17(4)13-8-14-18(5)19/h15-17H,6-14H2,1-5H3/t16-,17+/m1/s1. The van der Waals surface area contributed by atoms with Gasteiger partial charge in [0.05, 0.1) is 0 Å². The van der Waals surface area contributed by atoms with Gasteiger partial charge >= 0.3 is 0 Å². The minimum absolute atomic E-state index is 0.339. The molecule has 0 fully saturated rings. The number of carbonyl (C=O) groups is 1. The maximum atomic E-state index is 10.9. The van der Waals surface area contributed by atoms with E-state index in [-0.39, 0.29) is 0 Å². The normalized spacial score (nSPS) is 14.6. The molecular formula is C18H36O. The lowest BCUT2D eigenvalue weighted by Crippen LogP contribution is -2.01. The van der Waals surface area contributed by atoms with Crippen LogP contribution in [0.2, 0.25) is 0 Å². The van der Waals surface area contributed by atoms with Crippen molar-refractivity contribution in [2.45, 2.75) is 92.4 Å². The van der Waals surface area contributed by atoms with Gasteiger partial charge in [-0.3, -0.25) is 0 Å².